The molecule has 6 nitrogen and oxygen atoms in total. The molecule has 25 heavy (non-hydrogen) atoms. The molecule has 0 saturated carbocycles. The topological polar surface area (TPSA) is 59.7 Å². The summed E-state index contributed by atoms with van der Waals surface area (Å²) >= 11 is 1.75. The van der Waals surface area contributed by atoms with Gasteiger partial charge in [-0.15, -0.1) is 16.4 Å². The van der Waals surface area contributed by atoms with E-state index in [4.69, 9.17) is 4.98 Å². The number of thiophene rings is 1. The van der Waals surface area contributed by atoms with Crippen LogP contribution in [0.25, 0.3) is 10.2 Å². The molecule has 0 unspecified atom stereocenters. The maximum absolute atomic E-state index is 4.84. The van der Waals surface area contributed by atoms with Crippen LogP contribution in [0.15, 0.2) is 17.8 Å². The zero-order valence-electron chi connectivity index (χ0n) is 15.0. The predicted octanol–water partition coefficient (Wildman–Crippen LogP) is 3.63. The molecule has 7 heteroatoms. The van der Waals surface area contributed by atoms with Crippen molar-refractivity contribution in [3.63, 3.8) is 0 Å². The Bertz CT molecular complexity index is 846. The van der Waals surface area contributed by atoms with E-state index in [-0.39, 0.29) is 0 Å². The molecule has 0 aromatic carbocycles. The summed E-state index contributed by atoms with van der Waals surface area (Å²) in [5.74, 6) is 2.61. The molecule has 1 aliphatic heterocycles. The summed E-state index contributed by atoms with van der Waals surface area (Å²) < 4.78 is 1.99. The molecule has 0 amide bonds. The molecule has 0 N–H and O–H groups in total. The number of aromatic nitrogens is 5. The van der Waals surface area contributed by atoms with Gasteiger partial charge in [0.05, 0.1) is 17.6 Å². The average molecular weight is 356 g/mol. The highest BCUT2D eigenvalue weighted by Crippen LogP contribution is 2.35. The van der Waals surface area contributed by atoms with Crippen molar-refractivity contribution in [2.24, 2.45) is 5.92 Å². The van der Waals surface area contributed by atoms with Gasteiger partial charge in [-0.25, -0.2) is 14.6 Å². The van der Waals surface area contributed by atoms with Gasteiger partial charge in [-0.3, -0.25) is 0 Å². The van der Waals surface area contributed by atoms with Gasteiger partial charge in [-0.05, 0) is 43.0 Å². The first-order valence-electron chi connectivity index (χ1n) is 8.97. The third-order valence-electron chi connectivity index (χ3n) is 4.81. The van der Waals surface area contributed by atoms with E-state index < -0.39 is 0 Å². The fourth-order valence-electron chi connectivity index (χ4n) is 3.66. The minimum atomic E-state index is 0.440. The van der Waals surface area contributed by atoms with E-state index in [1.54, 1.807) is 17.5 Å². The molecule has 1 fully saturated rings. The largest absolute Gasteiger partial charge is 0.356 e. The number of aryl methyl sites for hydroxylation is 1. The number of hydrogen-bond donors (Lipinski definition) is 0. The highest BCUT2D eigenvalue weighted by Gasteiger charge is 2.25. The van der Waals surface area contributed by atoms with Crippen molar-refractivity contribution < 1.29 is 0 Å². The van der Waals surface area contributed by atoms with Crippen LogP contribution in [0.5, 0.6) is 0 Å². The molecular weight excluding hydrogens is 332 g/mol. The first-order valence-corrected chi connectivity index (χ1v) is 9.85. The number of fused-ring (bicyclic) bond motifs is 1. The molecule has 0 aliphatic carbocycles. The summed E-state index contributed by atoms with van der Waals surface area (Å²) in [6, 6.07) is 0.440. The predicted molar refractivity (Wildman–Crippen MR) is 101 cm³/mol. The Morgan fingerprint density at radius 3 is 2.72 bits per heavy atom. The molecular formula is C18H24N6S. The highest BCUT2D eigenvalue weighted by molar-refractivity contribution is 7.17. The molecule has 132 valence electrons. The SMILES string of the molecule is Cc1nc(N2CCC(n3ccnn3)CC2)c2c(CC(C)C)csc2n1. The summed E-state index contributed by atoms with van der Waals surface area (Å²) in [4.78, 5) is 13.1. The third-order valence-corrected chi connectivity index (χ3v) is 5.73. The lowest BCUT2D eigenvalue weighted by Crippen LogP contribution is -2.35. The van der Waals surface area contributed by atoms with Gasteiger partial charge in [0.1, 0.15) is 16.5 Å². The Hall–Kier alpha value is -2.02. The second kappa shape index (κ2) is 6.71. The Morgan fingerprint density at radius 1 is 1.24 bits per heavy atom. The van der Waals surface area contributed by atoms with E-state index in [9.17, 15) is 0 Å². The fraction of sp³-hybridized carbons (Fsp3) is 0.556. The minimum absolute atomic E-state index is 0.440. The van der Waals surface area contributed by atoms with Gasteiger partial charge in [-0.1, -0.05) is 19.1 Å². The van der Waals surface area contributed by atoms with Gasteiger partial charge in [-0.2, -0.15) is 0 Å². The maximum Gasteiger partial charge on any atom is 0.141 e. The average Bonchev–Trinajstić information content (AvgIpc) is 3.24. The number of hydrogen-bond acceptors (Lipinski definition) is 6. The Labute approximate surface area is 151 Å². The van der Waals surface area contributed by atoms with Crippen molar-refractivity contribution in [3.8, 4) is 0 Å². The van der Waals surface area contributed by atoms with Crippen LogP contribution in [0.4, 0.5) is 5.82 Å². The maximum atomic E-state index is 4.84. The molecule has 4 rings (SSSR count). The summed E-state index contributed by atoms with van der Waals surface area (Å²) in [5, 5.41) is 11.6. The van der Waals surface area contributed by atoms with Crippen LogP contribution in [0.3, 0.4) is 0 Å². The Kier molecular flexibility index (Phi) is 4.41. The van der Waals surface area contributed by atoms with Gasteiger partial charge in [0.15, 0.2) is 0 Å². The quantitative estimate of drug-likeness (QED) is 0.714. The van der Waals surface area contributed by atoms with Gasteiger partial charge in [0.25, 0.3) is 0 Å². The lowest BCUT2D eigenvalue weighted by atomic mass is 10.0. The van der Waals surface area contributed by atoms with E-state index in [0.717, 1.165) is 48.8 Å². The standard InChI is InChI=1S/C18H24N6S/c1-12(2)10-14-11-25-18-16(14)17(20-13(3)21-18)23-7-4-15(5-8-23)24-9-6-19-22-24/h6,9,11-12,15H,4-5,7-8,10H2,1-3H3. The second-order valence-corrected chi connectivity index (χ2v) is 8.09. The number of nitrogens with zero attached hydrogens (tertiary/aromatic N) is 6. The lowest BCUT2D eigenvalue weighted by molar-refractivity contribution is 0.359. The van der Waals surface area contributed by atoms with Crippen LogP contribution in [0.1, 0.15) is 44.1 Å². The van der Waals surface area contributed by atoms with Crippen molar-refractivity contribution in [1.82, 2.24) is 25.0 Å². The van der Waals surface area contributed by atoms with Crippen molar-refractivity contribution in [3.05, 3.63) is 29.2 Å². The fourth-order valence-corrected chi connectivity index (χ4v) is 4.65. The number of rotatable bonds is 4. The van der Waals surface area contributed by atoms with Crippen LogP contribution in [0.2, 0.25) is 0 Å². The molecule has 1 aliphatic rings. The molecule has 0 atom stereocenters. The second-order valence-electron chi connectivity index (χ2n) is 7.23. The van der Waals surface area contributed by atoms with Crippen LogP contribution in [0, 0.1) is 12.8 Å². The molecule has 0 bridgehead atoms. The molecule has 1 saturated heterocycles. The van der Waals surface area contributed by atoms with Crippen molar-refractivity contribution in [1.29, 1.82) is 0 Å². The van der Waals surface area contributed by atoms with Crippen LogP contribution >= 0.6 is 11.3 Å². The van der Waals surface area contributed by atoms with Gasteiger partial charge < -0.3 is 4.90 Å². The monoisotopic (exact) mass is 356 g/mol. The van der Waals surface area contributed by atoms with E-state index in [0.29, 0.717) is 12.0 Å². The van der Waals surface area contributed by atoms with Crippen LogP contribution in [-0.2, 0) is 6.42 Å². The van der Waals surface area contributed by atoms with Crippen LogP contribution in [-0.4, -0.2) is 38.1 Å². The molecule has 3 aromatic heterocycles. The molecule has 0 radical (unpaired) electrons. The van der Waals surface area contributed by atoms with E-state index in [2.05, 4.69) is 39.4 Å². The molecule has 4 heterocycles. The highest BCUT2D eigenvalue weighted by atomic mass is 32.1. The number of anilines is 1. The van der Waals surface area contributed by atoms with E-state index >= 15 is 0 Å². The van der Waals surface area contributed by atoms with Crippen molar-refractivity contribution in [2.45, 2.75) is 46.1 Å². The van der Waals surface area contributed by atoms with E-state index in [1.165, 1.54) is 10.9 Å². The summed E-state index contributed by atoms with van der Waals surface area (Å²) in [7, 11) is 0. The molecule has 0 spiro atoms. The Balaban J connectivity index is 1.63. The zero-order chi connectivity index (χ0) is 17.4. The van der Waals surface area contributed by atoms with Crippen molar-refractivity contribution >= 4 is 27.4 Å². The minimum Gasteiger partial charge on any atom is -0.356 e. The van der Waals surface area contributed by atoms with Crippen LogP contribution < -0.4 is 4.90 Å². The normalized spacial score (nSPS) is 16.2. The van der Waals surface area contributed by atoms with E-state index in [1.807, 2.05) is 17.8 Å². The zero-order valence-corrected chi connectivity index (χ0v) is 15.8. The van der Waals surface area contributed by atoms with Gasteiger partial charge in [0.2, 0.25) is 0 Å². The third kappa shape index (κ3) is 3.25. The van der Waals surface area contributed by atoms with Gasteiger partial charge in [0, 0.05) is 19.3 Å². The summed E-state index contributed by atoms with van der Waals surface area (Å²) in [5.41, 5.74) is 1.39. The first kappa shape index (κ1) is 16.4. The lowest BCUT2D eigenvalue weighted by Gasteiger charge is -2.33. The first-order chi connectivity index (χ1) is 12.1. The van der Waals surface area contributed by atoms with Gasteiger partial charge >= 0.3 is 0 Å². The number of piperidine rings is 1. The summed E-state index contributed by atoms with van der Waals surface area (Å²) in [6.07, 6.45) is 6.93. The molecule has 3 aromatic rings. The summed E-state index contributed by atoms with van der Waals surface area (Å²) in [6.45, 7) is 8.51. The smallest absolute Gasteiger partial charge is 0.141 e. The van der Waals surface area contributed by atoms with Crippen molar-refractivity contribution in [2.75, 3.05) is 18.0 Å². The Morgan fingerprint density at radius 2 is 2.04 bits per heavy atom.